The Labute approximate surface area is 166 Å². The number of likely N-dealkylation sites (N-methyl/N-ethyl adjacent to an activating group) is 1. The van der Waals surface area contributed by atoms with Crippen LogP contribution in [0.4, 0.5) is 4.79 Å². The Hall–Kier alpha value is -2.75. The van der Waals surface area contributed by atoms with E-state index < -0.39 is 40.3 Å². The Morgan fingerprint density at radius 2 is 2.07 bits per heavy atom. The molecule has 4 N–H and O–H groups in total. The largest absolute Gasteiger partial charge is 0.418 e. The van der Waals surface area contributed by atoms with Gasteiger partial charge < -0.3 is 20.9 Å². The van der Waals surface area contributed by atoms with Crippen LogP contribution in [0.1, 0.15) is 33.8 Å². The fraction of sp³-hybridized carbons (Fsp3) is 0.571. The monoisotopic (exact) mass is 431 g/mol. The van der Waals surface area contributed by atoms with Crippen molar-refractivity contribution in [1.29, 1.82) is 0 Å². The van der Waals surface area contributed by atoms with Crippen molar-refractivity contribution in [1.82, 2.24) is 30.0 Å². The molecule has 29 heavy (non-hydrogen) atoms. The lowest BCUT2D eigenvalue weighted by Gasteiger charge is -2.31. The van der Waals surface area contributed by atoms with E-state index in [2.05, 4.69) is 14.7 Å². The molecule has 1 saturated heterocycles. The second-order valence-corrected chi connectivity index (χ2v) is 7.73. The van der Waals surface area contributed by atoms with Crippen LogP contribution in [-0.2, 0) is 26.5 Å². The molecule has 4 amide bonds. The third kappa shape index (κ3) is 3.52. The molecule has 2 unspecified atom stereocenters. The van der Waals surface area contributed by atoms with E-state index in [1.807, 2.05) is 0 Å². The van der Waals surface area contributed by atoms with Gasteiger partial charge in [0.25, 0.3) is 11.8 Å². The number of amides is 4. The molecule has 0 saturated carbocycles. The van der Waals surface area contributed by atoms with Crippen LogP contribution in [0.25, 0.3) is 0 Å². The zero-order valence-electron chi connectivity index (χ0n) is 15.9. The summed E-state index contributed by atoms with van der Waals surface area (Å²) < 4.78 is 37.3. The number of hydrogen-bond acceptors (Lipinski definition) is 8. The molecule has 3 rings (SSSR count). The van der Waals surface area contributed by atoms with Gasteiger partial charge in [0.1, 0.15) is 6.04 Å². The van der Waals surface area contributed by atoms with Crippen molar-refractivity contribution in [3.05, 3.63) is 17.0 Å². The van der Waals surface area contributed by atoms with Gasteiger partial charge in [0.2, 0.25) is 0 Å². The first-order valence-electron chi connectivity index (χ1n) is 8.51. The van der Waals surface area contributed by atoms with Gasteiger partial charge in [-0.05, 0) is 0 Å². The Kier molecular flexibility index (Phi) is 5.24. The topological polar surface area (TPSA) is 180 Å². The van der Waals surface area contributed by atoms with Crippen molar-refractivity contribution in [2.45, 2.75) is 12.1 Å². The molecule has 0 radical (unpaired) electrons. The highest BCUT2D eigenvalue weighted by Gasteiger charge is 2.55. The molecule has 0 aliphatic carbocycles. The molecule has 160 valence electrons. The van der Waals surface area contributed by atoms with Crippen molar-refractivity contribution in [3.63, 3.8) is 0 Å². The van der Waals surface area contributed by atoms with Crippen LogP contribution in [0.2, 0.25) is 0 Å². The van der Waals surface area contributed by atoms with Gasteiger partial charge in [-0.1, -0.05) is 0 Å². The van der Waals surface area contributed by atoms with E-state index in [9.17, 15) is 22.8 Å². The summed E-state index contributed by atoms with van der Waals surface area (Å²) in [5.74, 6) is -1.09. The third-order valence-electron chi connectivity index (χ3n) is 4.61. The zero-order chi connectivity index (χ0) is 21.7. The molecule has 1 aromatic heterocycles. The smallest absolute Gasteiger partial charge is 0.349 e. The Balaban J connectivity index is 2.18. The molecule has 14 nitrogen and oxygen atoms in total. The van der Waals surface area contributed by atoms with E-state index in [-0.39, 0.29) is 36.6 Å². The predicted molar refractivity (Wildman–Crippen MR) is 95.3 cm³/mol. The summed E-state index contributed by atoms with van der Waals surface area (Å²) in [5.41, 5.74) is 5.70. The molecule has 0 aromatic carbocycles. The third-order valence-corrected chi connectivity index (χ3v) is 4.96. The number of fused-ring (bicyclic) bond motifs is 4. The average Bonchev–Trinajstić information content (AvgIpc) is 3.10. The first kappa shape index (κ1) is 21.0. The molecule has 1 fully saturated rings. The number of nitrogens with one attached hydrogen (secondary N) is 1. The van der Waals surface area contributed by atoms with E-state index >= 15 is 0 Å². The van der Waals surface area contributed by atoms with Gasteiger partial charge in [-0.25, -0.2) is 4.79 Å². The molecule has 1 aromatic rings. The van der Waals surface area contributed by atoms with Gasteiger partial charge >= 0.3 is 16.4 Å². The first-order chi connectivity index (χ1) is 13.5. The maximum Gasteiger partial charge on any atom is 0.418 e. The molecular formula is C14H21N7O7S. The fourth-order valence-electron chi connectivity index (χ4n) is 3.49. The summed E-state index contributed by atoms with van der Waals surface area (Å²) in [6.07, 6.45) is 0. The molecule has 3 heterocycles. The van der Waals surface area contributed by atoms with Crippen LogP contribution in [0.15, 0.2) is 0 Å². The van der Waals surface area contributed by atoms with E-state index in [4.69, 9.17) is 10.3 Å². The van der Waals surface area contributed by atoms with E-state index in [1.54, 1.807) is 0 Å². The predicted octanol–water partition coefficient (Wildman–Crippen LogP) is -2.24. The molecule has 0 spiro atoms. The fourth-order valence-corrected chi connectivity index (χ4v) is 3.86. The second kappa shape index (κ2) is 7.25. The molecule has 2 aliphatic heterocycles. The summed E-state index contributed by atoms with van der Waals surface area (Å²) in [6.45, 7) is 0.190. The summed E-state index contributed by atoms with van der Waals surface area (Å²) in [5, 5.41) is 7.15. The molecule has 2 aliphatic rings. The van der Waals surface area contributed by atoms with Gasteiger partial charge in [0, 0.05) is 39.8 Å². The lowest BCUT2D eigenvalue weighted by molar-refractivity contribution is -0.134. The van der Waals surface area contributed by atoms with Crippen molar-refractivity contribution >= 4 is 28.2 Å². The number of rotatable bonds is 6. The minimum absolute atomic E-state index is 0.101. The van der Waals surface area contributed by atoms with Crippen LogP contribution >= 0.6 is 0 Å². The Morgan fingerprint density at radius 1 is 1.41 bits per heavy atom. The van der Waals surface area contributed by atoms with Crippen LogP contribution in [0, 0.1) is 0 Å². The standard InChI is InChI=1S/C14H21N7O7S/c1-18(2)13(23)11-10-8(9(17-19(10)3)12(22)16-5-4-15)7-6-20(11)14(24)21(7)28-29(25,26)27/h7,11H,4-6,15H2,1-3H3,(H,16,22)(H,25,26,27). The molecule has 15 heteroatoms. The summed E-state index contributed by atoms with van der Waals surface area (Å²) >= 11 is 0. The number of hydroxylamine groups is 2. The Morgan fingerprint density at radius 3 is 2.62 bits per heavy atom. The van der Waals surface area contributed by atoms with E-state index in [0.717, 1.165) is 4.90 Å². The number of carbonyl (C=O) groups excluding carboxylic acids is 3. The number of hydrogen-bond donors (Lipinski definition) is 3. The average molecular weight is 431 g/mol. The number of urea groups is 1. The number of aryl methyl sites for hydroxylation is 1. The lowest BCUT2D eigenvalue weighted by atomic mass is 9.94. The van der Waals surface area contributed by atoms with Gasteiger partial charge in [-0.15, -0.1) is 4.28 Å². The maximum absolute atomic E-state index is 12.8. The van der Waals surface area contributed by atoms with Crippen molar-refractivity contribution < 1.29 is 31.6 Å². The SMILES string of the molecule is CN(C)C(=O)C1c2c(c(C(=O)NCCN)nn2C)C2CN1C(=O)N2OS(=O)(=O)O. The second-order valence-electron chi connectivity index (χ2n) is 6.73. The normalized spacial score (nSPS) is 20.7. The van der Waals surface area contributed by atoms with Crippen molar-refractivity contribution in [2.75, 3.05) is 33.7 Å². The highest BCUT2D eigenvalue weighted by molar-refractivity contribution is 7.80. The minimum atomic E-state index is -5.04. The van der Waals surface area contributed by atoms with Crippen LogP contribution in [0.5, 0.6) is 0 Å². The molecule has 2 bridgehead atoms. The van der Waals surface area contributed by atoms with E-state index in [0.29, 0.717) is 5.06 Å². The van der Waals surface area contributed by atoms with Crippen LogP contribution in [0.3, 0.4) is 0 Å². The van der Waals surface area contributed by atoms with Gasteiger partial charge in [0.05, 0.1) is 12.2 Å². The maximum atomic E-state index is 12.8. The zero-order valence-corrected chi connectivity index (χ0v) is 16.7. The van der Waals surface area contributed by atoms with Gasteiger partial charge in [-0.2, -0.15) is 18.6 Å². The lowest BCUT2D eigenvalue weighted by Crippen LogP contribution is -2.44. The quantitative estimate of drug-likeness (QED) is 0.420. The van der Waals surface area contributed by atoms with E-state index in [1.165, 1.54) is 30.7 Å². The molecular weight excluding hydrogens is 410 g/mol. The highest BCUT2D eigenvalue weighted by Crippen LogP contribution is 2.45. The number of carbonyl (C=O) groups is 3. The van der Waals surface area contributed by atoms with Crippen LogP contribution in [-0.4, -0.2) is 89.2 Å². The van der Waals surface area contributed by atoms with Crippen molar-refractivity contribution in [2.24, 2.45) is 12.8 Å². The molecule has 2 atom stereocenters. The van der Waals surface area contributed by atoms with Gasteiger partial charge in [-0.3, -0.25) is 18.8 Å². The van der Waals surface area contributed by atoms with Gasteiger partial charge in [0.15, 0.2) is 11.7 Å². The first-order valence-corrected chi connectivity index (χ1v) is 9.87. The highest BCUT2D eigenvalue weighted by atomic mass is 32.3. The number of aromatic nitrogens is 2. The number of nitrogens with two attached hydrogens (primary N) is 1. The van der Waals surface area contributed by atoms with Crippen molar-refractivity contribution in [3.8, 4) is 0 Å². The number of nitrogens with zero attached hydrogens (tertiary/aromatic N) is 5. The van der Waals surface area contributed by atoms with Crippen LogP contribution < -0.4 is 11.1 Å². The summed E-state index contributed by atoms with van der Waals surface area (Å²) in [4.78, 5) is 40.5. The summed E-state index contributed by atoms with van der Waals surface area (Å²) in [6, 6.07) is -3.19. The minimum Gasteiger partial charge on any atom is -0.349 e. The Bertz CT molecular complexity index is 973. The summed E-state index contributed by atoms with van der Waals surface area (Å²) in [7, 11) is -0.554.